The number of anilines is 1. The maximum absolute atomic E-state index is 12.8. The van der Waals surface area contributed by atoms with Crippen LogP contribution < -0.4 is 10.3 Å². The third-order valence-electron chi connectivity index (χ3n) is 4.73. The molecule has 9 nitrogen and oxygen atoms in total. The highest BCUT2D eigenvalue weighted by Crippen LogP contribution is 2.24. The van der Waals surface area contributed by atoms with Crippen molar-refractivity contribution in [1.29, 1.82) is 0 Å². The van der Waals surface area contributed by atoms with Gasteiger partial charge >= 0.3 is 5.97 Å². The van der Waals surface area contributed by atoms with Crippen LogP contribution in [0.5, 0.6) is 0 Å². The lowest BCUT2D eigenvalue weighted by Gasteiger charge is -2.14. The predicted octanol–water partition coefficient (Wildman–Crippen LogP) is 3.80. The van der Waals surface area contributed by atoms with Crippen LogP contribution in [0.3, 0.4) is 0 Å². The zero-order valence-electron chi connectivity index (χ0n) is 18.7. The van der Waals surface area contributed by atoms with Crippen molar-refractivity contribution < 1.29 is 19.1 Å². The van der Waals surface area contributed by atoms with Crippen molar-refractivity contribution in [3.05, 3.63) is 72.3 Å². The number of esters is 1. The number of nitrogens with one attached hydrogen (secondary N) is 1. The molecule has 1 heterocycles. The lowest BCUT2D eigenvalue weighted by Crippen LogP contribution is -2.33. The van der Waals surface area contributed by atoms with Crippen LogP contribution in [0, 0.1) is 0 Å². The molecule has 0 radical (unpaired) electrons. The van der Waals surface area contributed by atoms with Gasteiger partial charge in [-0.15, -0.1) is 0 Å². The van der Waals surface area contributed by atoms with Gasteiger partial charge in [0.2, 0.25) is 0 Å². The minimum Gasteiger partial charge on any atom is -0.457 e. The Labute approximate surface area is 191 Å². The van der Waals surface area contributed by atoms with E-state index in [4.69, 9.17) is 4.74 Å². The molecule has 0 saturated carbocycles. The van der Waals surface area contributed by atoms with Crippen LogP contribution >= 0.6 is 0 Å². The van der Waals surface area contributed by atoms with Crippen LogP contribution in [0.1, 0.15) is 31.1 Å². The second-order valence-electron chi connectivity index (χ2n) is 7.57. The number of nitrogens with zero attached hydrogens (tertiary/aromatic N) is 4. The summed E-state index contributed by atoms with van der Waals surface area (Å²) in [6.45, 7) is 8.56. The van der Waals surface area contributed by atoms with Crippen molar-refractivity contribution in [2.45, 2.75) is 32.9 Å². The Morgan fingerprint density at radius 1 is 1.18 bits per heavy atom. The second kappa shape index (κ2) is 10.4. The molecule has 9 heteroatoms. The minimum atomic E-state index is -0.872. The summed E-state index contributed by atoms with van der Waals surface area (Å²) in [6, 6.07) is 14.8. The Bertz CT molecular complexity index is 1130. The molecule has 2 atom stereocenters. The highest BCUT2D eigenvalue weighted by molar-refractivity contribution is 6.18. The molecule has 170 valence electrons. The van der Waals surface area contributed by atoms with E-state index in [0.717, 1.165) is 0 Å². The Balaban J connectivity index is 1.68. The number of hydrogen-bond donors (Lipinski definition) is 1. The summed E-state index contributed by atoms with van der Waals surface area (Å²) in [7, 11) is 0. The maximum Gasteiger partial charge on any atom is 0.333 e. The van der Waals surface area contributed by atoms with Gasteiger partial charge in [0.15, 0.2) is 6.04 Å². The van der Waals surface area contributed by atoms with E-state index in [-0.39, 0.29) is 23.6 Å². The summed E-state index contributed by atoms with van der Waals surface area (Å²) in [4.78, 5) is 37.1. The van der Waals surface area contributed by atoms with E-state index >= 15 is 0 Å². The molecule has 0 fully saturated rings. The normalized spacial score (nSPS) is 16.5. The number of rotatable bonds is 8. The third-order valence-corrected chi connectivity index (χ3v) is 4.73. The molecule has 1 aliphatic heterocycles. The van der Waals surface area contributed by atoms with Gasteiger partial charge in [0.25, 0.3) is 11.8 Å². The van der Waals surface area contributed by atoms with Gasteiger partial charge in [-0.25, -0.2) is 4.79 Å². The first-order valence-corrected chi connectivity index (χ1v) is 10.4. The zero-order chi connectivity index (χ0) is 24.0. The van der Waals surface area contributed by atoms with E-state index in [1.165, 1.54) is 5.01 Å². The van der Waals surface area contributed by atoms with Crippen molar-refractivity contribution in [3.63, 3.8) is 0 Å². The number of hydrazone groups is 1. The van der Waals surface area contributed by atoms with E-state index < -0.39 is 24.0 Å². The van der Waals surface area contributed by atoms with Gasteiger partial charge < -0.3 is 10.1 Å². The Hall–Kier alpha value is -4.14. The van der Waals surface area contributed by atoms with Gasteiger partial charge in [0.05, 0.1) is 29.2 Å². The monoisotopic (exact) mass is 447 g/mol. The van der Waals surface area contributed by atoms with Crippen LogP contribution in [0.2, 0.25) is 0 Å². The fraction of sp³-hybridized carbons (Fsp3) is 0.250. The first kappa shape index (κ1) is 23.5. The average molecular weight is 447 g/mol. The van der Waals surface area contributed by atoms with E-state index in [1.54, 1.807) is 57.2 Å². The Morgan fingerprint density at radius 3 is 2.55 bits per heavy atom. The van der Waals surface area contributed by atoms with Crippen LogP contribution in [-0.2, 0) is 14.3 Å². The quantitative estimate of drug-likeness (QED) is 0.377. The average Bonchev–Trinajstić information content (AvgIpc) is 3.09. The highest BCUT2D eigenvalue weighted by atomic mass is 16.5. The summed E-state index contributed by atoms with van der Waals surface area (Å²) < 4.78 is 5.16. The number of azo groups is 1. The molecule has 3 rings (SSSR count). The maximum atomic E-state index is 12.8. The van der Waals surface area contributed by atoms with Gasteiger partial charge in [-0.05, 0) is 45.0 Å². The zero-order valence-corrected chi connectivity index (χ0v) is 18.7. The highest BCUT2D eigenvalue weighted by Gasteiger charge is 2.34. The Morgan fingerprint density at radius 2 is 1.85 bits per heavy atom. The molecule has 0 bridgehead atoms. The largest absolute Gasteiger partial charge is 0.457 e. The summed E-state index contributed by atoms with van der Waals surface area (Å²) in [5.74, 6) is -1.25. The fourth-order valence-corrected chi connectivity index (χ4v) is 2.97. The SMILES string of the molecule is C=C(C)C(=O)OC(C)CNC(=O)c1ccccc1N=NC1C(=O)N(c2ccccc2)N=C1C. The lowest BCUT2D eigenvalue weighted by atomic mass is 10.1. The topological polar surface area (TPSA) is 113 Å². The molecule has 2 amide bonds. The van der Waals surface area contributed by atoms with Gasteiger partial charge in [-0.3, -0.25) is 9.59 Å². The Kier molecular flexibility index (Phi) is 7.45. The van der Waals surface area contributed by atoms with E-state index in [0.29, 0.717) is 17.1 Å². The van der Waals surface area contributed by atoms with Crippen LogP contribution in [-0.4, -0.2) is 42.2 Å². The molecule has 2 aromatic carbocycles. The molecule has 2 unspecified atom stereocenters. The molecule has 2 aromatic rings. The first-order chi connectivity index (χ1) is 15.8. The van der Waals surface area contributed by atoms with Crippen LogP contribution in [0.15, 0.2) is 82.1 Å². The van der Waals surface area contributed by atoms with Crippen LogP contribution in [0.25, 0.3) is 0 Å². The molecular weight excluding hydrogens is 422 g/mol. The van der Waals surface area contributed by atoms with Crippen molar-refractivity contribution in [2.24, 2.45) is 15.3 Å². The second-order valence-corrected chi connectivity index (χ2v) is 7.57. The number of carbonyl (C=O) groups is 3. The third kappa shape index (κ3) is 5.76. The lowest BCUT2D eigenvalue weighted by molar-refractivity contribution is -0.143. The van der Waals surface area contributed by atoms with Crippen molar-refractivity contribution in [3.8, 4) is 0 Å². The number of hydrogen-bond acceptors (Lipinski definition) is 7. The number of carbonyl (C=O) groups excluding carboxylic acids is 3. The molecule has 1 aliphatic rings. The van der Waals surface area contributed by atoms with Gasteiger partial charge in [0, 0.05) is 5.57 Å². The number of ether oxygens (including phenoxy) is 1. The standard InChI is InChI=1S/C24H25N5O4/c1-15(2)24(32)33-16(3)14-25-22(30)19-12-8-9-13-20(19)26-27-21-17(4)28-29(23(21)31)18-10-6-5-7-11-18/h5-13,16,21H,1,14H2,2-4H3,(H,25,30). The van der Waals surface area contributed by atoms with Crippen molar-refractivity contribution >= 4 is 34.9 Å². The number of benzene rings is 2. The van der Waals surface area contributed by atoms with Gasteiger partial charge in [-0.2, -0.15) is 20.3 Å². The minimum absolute atomic E-state index is 0.113. The molecule has 0 aromatic heterocycles. The summed E-state index contributed by atoms with van der Waals surface area (Å²) in [5, 5.41) is 16.7. The summed E-state index contributed by atoms with van der Waals surface area (Å²) in [5.41, 5.74) is 2.01. The smallest absolute Gasteiger partial charge is 0.333 e. The van der Waals surface area contributed by atoms with Gasteiger partial charge in [-0.1, -0.05) is 36.9 Å². The number of amides is 2. The van der Waals surface area contributed by atoms with Crippen LogP contribution in [0.4, 0.5) is 11.4 Å². The van der Waals surface area contributed by atoms with Crippen molar-refractivity contribution in [1.82, 2.24) is 5.32 Å². The van der Waals surface area contributed by atoms with Crippen molar-refractivity contribution in [2.75, 3.05) is 11.6 Å². The predicted molar refractivity (Wildman–Crippen MR) is 124 cm³/mol. The van der Waals surface area contributed by atoms with Gasteiger partial charge in [0.1, 0.15) is 6.10 Å². The fourth-order valence-electron chi connectivity index (χ4n) is 2.97. The van der Waals surface area contributed by atoms with E-state index in [1.807, 2.05) is 18.2 Å². The van der Waals surface area contributed by atoms with E-state index in [9.17, 15) is 14.4 Å². The molecule has 0 aliphatic carbocycles. The van der Waals surface area contributed by atoms with E-state index in [2.05, 4.69) is 27.2 Å². The number of para-hydroxylation sites is 1. The molecule has 1 N–H and O–H groups in total. The first-order valence-electron chi connectivity index (χ1n) is 10.4. The molecule has 0 saturated heterocycles. The molecular formula is C24H25N5O4. The summed E-state index contributed by atoms with van der Waals surface area (Å²) in [6.07, 6.45) is -0.536. The summed E-state index contributed by atoms with van der Waals surface area (Å²) >= 11 is 0. The molecule has 33 heavy (non-hydrogen) atoms. The molecule has 0 spiro atoms.